The third-order valence-corrected chi connectivity index (χ3v) is 3.24. The van der Waals surface area contributed by atoms with Crippen molar-refractivity contribution in [3.63, 3.8) is 0 Å². The van der Waals surface area contributed by atoms with Crippen LogP contribution in [0.5, 0.6) is 0 Å². The van der Waals surface area contributed by atoms with Gasteiger partial charge in [-0.25, -0.2) is 4.98 Å². The van der Waals surface area contributed by atoms with Gasteiger partial charge in [0, 0.05) is 31.7 Å². The number of hydrogen-bond acceptors (Lipinski definition) is 5. The van der Waals surface area contributed by atoms with Crippen LogP contribution >= 0.6 is 0 Å². The van der Waals surface area contributed by atoms with Crippen molar-refractivity contribution in [2.45, 2.75) is 13.1 Å². The third kappa shape index (κ3) is 2.04. The summed E-state index contributed by atoms with van der Waals surface area (Å²) in [5.74, 6) is 6.23. The number of aromatic nitrogens is 3. The number of imidazole rings is 1. The number of carbonyl (C=O) groups is 1. The second-order valence-electron chi connectivity index (χ2n) is 4.33. The van der Waals surface area contributed by atoms with Crippen molar-refractivity contribution in [3.8, 4) is 0 Å². The minimum atomic E-state index is -0.0652. The molecule has 2 aromatic heterocycles. The Hall–Kier alpha value is -2.41. The number of nitrogens with one attached hydrogen (secondary N) is 1. The first-order valence-electron chi connectivity index (χ1n) is 5.99. The fourth-order valence-electron chi connectivity index (χ4n) is 2.21. The number of rotatable bonds is 2. The van der Waals surface area contributed by atoms with Crippen molar-refractivity contribution in [1.82, 2.24) is 19.4 Å². The molecule has 0 aromatic carbocycles. The van der Waals surface area contributed by atoms with Crippen LogP contribution in [0.15, 0.2) is 30.9 Å². The van der Waals surface area contributed by atoms with Gasteiger partial charge in [-0.15, -0.1) is 0 Å². The van der Waals surface area contributed by atoms with Crippen LogP contribution < -0.4 is 11.3 Å². The first kappa shape index (κ1) is 11.7. The highest BCUT2D eigenvalue weighted by atomic mass is 16.2. The van der Waals surface area contributed by atoms with Gasteiger partial charge in [-0.05, 0) is 6.07 Å². The number of hydrogen-bond donors (Lipinski definition) is 2. The predicted molar refractivity (Wildman–Crippen MR) is 69.0 cm³/mol. The smallest absolute Gasteiger partial charge is 0.256 e. The van der Waals surface area contributed by atoms with Crippen molar-refractivity contribution in [2.75, 3.05) is 12.0 Å². The number of nitrogens with two attached hydrogens (primary N) is 1. The van der Waals surface area contributed by atoms with Gasteiger partial charge in [-0.3, -0.25) is 15.6 Å². The van der Waals surface area contributed by atoms with E-state index in [1.807, 2.05) is 6.20 Å². The monoisotopic (exact) mass is 258 g/mol. The summed E-state index contributed by atoms with van der Waals surface area (Å²) >= 11 is 0. The van der Waals surface area contributed by atoms with E-state index in [1.54, 1.807) is 23.4 Å². The van der Waals surface area contributed by atoms with Gasteiger partial charge in [0.2, 0.25) is 0 Å². The van der Waals surface area contributed by atoms with E-state index in [-0.39, 0.29) is 5.91 Å². The number of fused-ring (bicyclic) bond motifs is 1. The molecule has 7 heteroatoms. The van der Waals surface area contributed by atoms with Crippen LogP contribution in [0, 0.1) is 0 Å². The van der Waals surface area contributed by atoms with Crippen molar-refractivity contribution < 1.29 is 4.79 Å². The highest BCUT2D eigenvalue weighted by Gasteiger charge is 2.23. The van der Waals surface area contributed by atoms with Gasteiger partial charge in [-0.1, -0.05) is 0 Å². The van der Waals surface area contributed by atoms with E-state index in [4.69, 9.17) is 5.84 Å². The summed E-state index contributed by atoms with van der Waals surface area (Å²) in [7, 11) is 0. The largest absolute Gasteiger partial charge is 0.332 e. The van der Waals surface area contributed by atoms with Gasteiger partial charge in [0.1, 0.15) is 5.82 Å². The van der Waals surface area contributed by atoms with Crippen LogP contribution in [0.3, 0.4) is 0 Å². The number of amides is 1. The molecule has 19 heavy (non-hydrogen) atoms. The number of pyridine rings is 1. The van der Waals surface area contributed by atoms with E-state index in [1.165, 1.54) is 6.20 Å². The number of nitrogen functional groups attached to an aromatic ring is 1. The average molecular weight is 258 g/mol. The minimum absolute atomic E-state index is 0.0652. The molecule has 3 rings (SSSR count). The minimum Gasteiger partial charge on any atom is -0.332 e. The van der Waals surface area contributed by atoms with E-state index in [0.717, 1.165) is 12.4 Å². The summed E-state index contributed by atoms with van der Waals surface area (Å²) in [4.78, 5) is 22.4. The van der Waals surface area contributed by atoms with Gasteiger partial charge < -0.3 is 14.9 Å². The second-order valence-corrected chi connectivity index (χ2v) is 4.33. The molecule has 0 unspecified atom stereocenters. The topological polar surface area (TPSA) is 89.1 Å². The van der Waals surface area contributed by atoms with Crippen molar-refractivity contribution in [3.05, 3.63) is 42.2 Å². The Morgan fingerprint density at radius 2 is 2.26 bits per heavy atom. The summed E-state index contributed by atoms with van der Waals surface area (Å²) in [6, 6.07) is 1.67. The molecular formula is C12H14N6O. The molecule has 3 N–H and O–H groups in total. The fraction of sp³-hybridized carbons (Fsp3) is 0.250. The van der Waals surface area contributed by atoms with E-state index >= 15 is 0 Å². The van der Waals surface area contributed by atoms with E-state index in [0.29, 0.717) is 24.3 Å². The van der Waals surface area contributed by atoms with Crippen LogP contribution in [0.2, 0.25) is 0 Å². The number of carbonyl (C=O) groups excluding carboxylic acids is 1. The zero-order valence-corrected chi connectivity index (χ0v) is 10.3. The maximum Gasteiger partial charge on any atom is 0.256 e. The van der Waals surface area contributed by atoms with E-state index in [9.17, 15) is 4.79 Å². The molecule has 0 saturated heterocycles. The van der Waals surface area contributed by atoms with Crippen molar-refractivity contribution >= 4 is 11.6 Å². The third-order valence-electron chi connectivity index (χ3n) is 3.24. The maximum atomic E-state index is 12.5. The molecule has 0 bridgehead atoms. The summed E-state index contributed by atoms with van der Waals surface area (Å²) in [6.45, 7) is 1.93. The zero-order chi connectivity index (χ0) is 13.2. The van der Waals surface area contributed by atoms with Crippen LogP contribution in [0.4, 0.5) is 5.69 Å². The van der Waals surface area contributed by atoms with Gasteiger partial charge in [0.15, 0.2) is 0 Å². The van der Waals surface area contributed by atoms with Crippen LogP contribution in [0.25, 0.3) is 0 Å². The average Bonchev–Trinajstić information content (AvgIpc) is 2.93. The Labute approximate surface area is 110 Å². The molecule has 0 atom stereocenters. The van der Waals surface area contributed by atoms with Crippen LogP contribution in [-0.4, -0.2) is 31.9 Å². The molecule has 2 aromatic rings. The van der Waals surface area contributed by atoms with Crippen LogP contribution in [-0.2, 0) is 13.1 Å². The fourth-order valence-corrected chi connectivity index (χ4v) is 2.21. The summed E-state index contributed by atoms with van der Waals surface area (Å²) in [6.07, 6.45) is 6.80. The number of anilines is 1. The lowest BCUT2D eigenvalue weighted by molar-refractivity contribution is 0.0708. The van der Waals surface area contributed by atoms with Gasteiger partial charge in [-0.2, -0.15) is 0 Å². The lowest BCUT2D eigenvalue weighted by Gasteiger charge is -2.28. The van der Waals surface area contributed by atoms with Crippen molar-refractivity contribution in [1.29, 1.82) is 0 Å². The standard InChI is InChI=1S/C12H14N6O/c13-16-10-7-14-2-1-9(10)12(19)18-6-5-17-4-3-15-11(17)8-18/h1-4,7,16H,5-6,8,13H2. The maximum absolute atomic E-state index is 12.5. The summed E-state index contributed by atoms with van der Waals surface area (Å²) < 4.78 is 2.05. The normalized spacial score (nSPS) is 14.1. The molecule has 7 nitrogen and oxygen atoms in total. The Balaban J connectivity index is 1.85. The summed E-state index contributed by atoms with van der Waals surface area (Å²) in [5, 5.41) is 0. The molecule has 0 aliphatic carbocycles. The molecule has 98 valence electrons. The molecule has 3 heterocycles. The van der Waals surface area contributed by atoms with Gasteiger partial charge in [0.05, 0.1) is 24.0 Å². The highest BCUT2D eigenvalue weighted by Crippen LogP contribution is 2.18. The molecular weight excluding hydrogens is 244 g/mol. The molecule has 1 aliphatic rings. The quantitative estimate of drug-likeness (QED) is 0.594. The lowest BCUT2D eigenvalue weighted by atomic mass is 10.2. The van der Waals surface area contributed by atoms with Crippen molar-refractivity contribution in [2.24, 2.45) is 5.84 Å². The molecule has 0 radical (unpaired) electrons. The number of nitrogens with zero attached hydrogens (tertiary/aromatic N) is 4. The van der Waals surface area contributed by atoms with Gasteiger partial charge in [0.25, 0.3) is 5.91 Å². The van der Waals surface area contributed by atoms with Crippen LogP contribution in [0.1, 0.15) is 16.2 Å². The van der Waals surface area contributed by atoms with E-state index in [2.05, 4.69) is 20.0 Å². The Morgan fingerprint density at radius 1 is 1.37 bits per heavy atom. The number of hydrazine groups is 1. The Kier molecular flexibility index (Phi) is 2.88. The highest BCUT2D eigenvalue weighted by molar-refractivity contribution is 5.99. The predicted octanol–water partition coefficient (Wildman–Crippen LogP) is 0.220. The first-order chi connectivity index (χ1) is 9.29. The lowest BCUT2D eigenvalue weighted by Crippen LogP contribution is -2.38. The molecule has 0 spiro atoms. The SMILES string of the molecule is NNc1cnccc1C(=O)N1CCn2ccnc2C1. The zero-order valence-electron chi connectivity index (χ0n) is 10.3. The molecule has 1 amide bonds. The first-order valence-corrected chi connectivity index (χ1v) is 5.99. The molecule has 0 fully saturated rings. The molecule has 0 saturated carbocycles. The second kappa shape index (κ2) is 4.69. The Morgan fingerprint density at radius 3 is 3.11 bits per heavy atom. The Bertz CT molecular complexity index is 608. The summed E-state index contributed by atoms with van der Waals surface area (Å²) in [5.41, 5.74) is 3.55. The van der Waals surface area contributed by atoms with E-state index < -0.39 is 0 Å². The molecule has 1 aliphatic heterocycles. The van der Waals surface area contributed by atoms with Gasteiger partial charge >= 0.3 is 0 Å².